The van der Waals surface area contributed by atoms with Gasteiger partial charge in [0, 0.05) is 23.5 Å². The van der Waals surface area contributed by atoms with Crippen LogP contribution in [0.3, 0.4) is 0 Å². The van der Waals surface area contributed by atoms with E-state index >= 15 is 8.78 Å². The van der Waals surface area contributed by atoms with E-state index < -0.39 is 100 Å². The molecule has 5 atom stereocenters. The van der Waals surface area contributed by atoms with E-state index in [0.29, 0.717) is 11.6 Å². The van der Waals surface area contributed by atoms with E-state index in [-0.39, 0.29) is 36.1 Å². The molecule has 7 N–H and O–H groups in total. The molecule has 0 spiro atoms. The molecule has 1 aromatic rings. The Hall–Kier alpha value is -4.91. The molecular formula is C35H33F8N5O3. The van der Waals surface area contributed by atoms with Crippen molar-refractivity contribution in [2.24, 2.45) is 34.2 Å². The van der Waals surface area contributed by atoms with Gasteiger partial charge in [0.15, 0.2) is 0 Å². The molecular weight excluding hydrogens is 690 g/mol. The molecule has 2 saturated carbocycles. The van der Waals surface area contributed by atoms with Gasteiger partial charge in [0.25, 0.3) is 5.92 Å². The summed E-state index contributed by atoms with van der Waals surface area (Å²) in [5.74, 6) is -6.57. The van der Waals surface area contributed by atoms with Crippen molar-refractivity contribution in [1.82, 2.24) is 10.6 Å². The zero-order valence-electron chi connectivity index (χ0n) is 27.1. The first-order valence-electron chi connectivity index (χ1n) is 15.7. The zero-order chi connectivity index (χ0) is 37.6. The Morgan fingerprint density at radius 2 is 1.78 bits per heavy atom. The highest BCUT2D eigenvalue weighted by molar-refractivity contribution is 6.11. The first kappa shape index (κ1) is 37.3. The Balaban J connectivity index is 1.52. The van der Waals surface area contributed by atoms with Gasteiger partial charge in [0.1, 0.15) is 41.0 Å². The maximum atomic E-state index is 15.1. The first-order chi connectivity index (χ1) is 23.7. The van der Waals surface area contributed by atoms with E-state index in [1.54, 1.807) is 6.08 Å². The first-order valence-corrected chi connectivity index (χ1v) is 15.7. The topological polar surface area (TPSA) is 143 Å². The van der Waals surface area contributed by atoms with Gasteiger partial charge in [-0.15, -0.1) is 0 Å². The summed E-state index contributed by atoms with van der Waals surface area (Å²) in [7, 11) is 0. The SMILES string of the molecule is CC(C)(O)C#CC1=CC=C(C2C=CC(F)=C(C(N)=O)C2)C([C@H](Cc2cc(F)cc(F)c2)NC(=O)CN=C2C(=C(N)C(F)(F)F)[C@H]3C[C@H]3C2(F)F)N1. The molecule has 0 radical (unpaired) electrons. The van der Waals surface area contributed by atoms with Gasteiger partial charge >= 0.3 is 6.18 Å². The summed E-state index contributed by atoms with van der Waals surface area (Å²) in [6.07, 6.45) is -0.331. The molecule has 2 fully saturated rings. The van der Waals surface area contributed by atoms with Crippen LogP contribution in [0, 0.1) is 41.2 Å². The van der Waals surface area contributed by atoms with Crippen LogP contribution >= 0.6 is 0 Å². The van der Waals surface area contributed by atoms with Gasteiger partial charge in [-0.2, -0.15) is 22.0 Å². The predicted octanol–water partition coefficient (Wildman–Crippen LogP) is 4.33. The van der Waals surface area contributed by atoms with Gasteiger partial charge in [-0.1, -0.05) is 18.1 Å². The lowest BCUT2D eigenvalue weighted by atomic mass is 9.79. The van der Waals surface area contributed by atoms with E-state index in [2.05, 4.69) is 27.5 Å². The number of hydrogen-bond donors (Lipinski definition) is 5. The van der Waals surface area contributed by atoms with Gasteiger partial charge in [0.2, 0.25) is 11.8 Å². The van der Waals surface area contributed by atoms with E-state index in [0.717, 1.165) is 18.2 Å². The largest absolute Gasteiger partial charge is 0.431 e. The molecule has 51 heavy (non-hydrogen) atoms. The molecule has 16 heteroatoms. The quantitative estimate of drug-likeness (QED) is 0.201. The molecule has 2 unspecified atom stereocenters. The van der Waals surface area contributed by atoms with Crippen molar-refractivity contribution in [3.8, 4) is 11.8 Å². The Bertz CT molecular complexity index is 1870. The fourth-order valence-corrected chi connectivity index (χ4v) is 6.46. The molecule has 1 aromatic carbocycles. The van der Waals surface area contributed by atoms with Crippen molar-refractivity contribution < 1.29 is 49.8 Å². The summed E-state index contributed by atoms with van der Waals surface area (Å²) < 4.78 is 114. The summed E-state index contributed by atoms with van der Waals surface area (Å²) >= 11 is 0. The van der Waals surface area contributed by atoms with E-state index in [4.69, 9.17) is 11.5 Å². The molecule has 1 aliphatic heterocycles. The number of dihydropyridines is 1. The second-order valence-electron chi connectivity index (χ2n) is 13.3. The van der Waals surface area contributed by atoms with E-state index in [9.17, 15) is 41.0 Å². The second kappa shape index (κ2) is 13.7. The Labute approximate surface area is 287 Å². The van der Waals surface area contributed by atoms with E-state index in [1.165, 1.54) is 26.0 Å². The van der Waals surface area contributed by atoms with Crippen LogP contribution in [0.4, 0.5) is 35.1 Å². The minimum absolute atomic E-state index is 0.0393. The maximum Gasteiger partial charge on any atom is 0.431 e. The summed E-state index contributed by atoms with van der Waals surface area (Å²) in [6.45, 7) is 1.78. The number of benzene rings is 1. The third-order valence-electron chi connectivity index (χ3n) is 8.83. The van der Waals surface area contributed by atoms with Gasteiger partial charge in [-0.25, -0.2) is 13.2 Å². The van der Waals surface area contributed by atoms with Crippen LogP contribution in [0.25, 0.3) is 0 Å². The van der Waals surface area contributed by atoms with Crippen LogP contribution in [-0.4, -0.2) is 59.0 Å². The number of alkyl halides is 5. The maximum absolute atomic E-state index is 15.1. The van der Waals surface area contributed by atoms with Crippen LogP contribution in [0.1, 0.15) is 32.3 Å². The summed E-state index contributed by atoms with van der Waals surface area (Å²) in [6, 6.07) is 0.350. The average molecular weight is 724 g/mol. The lowest BCUT2D eigenvalue weighted by molar-refractivity contribution is -0.120. The molecule has 3 aliphatic carbocycles. The fraction of sp³-hybridized carbons (Fsp3) is 0.400. The number of nitrogens with zero attached hydrogens (tertiary/aromatic N) is 1. The van der Waals surface area contributed by atoms with Gasteiger partial charge in [0.05, 0.1) is 23.4 Å². The highest BCUT2D eigenvalue weighted by Gasteiger charge is 2.68. The molecule has 2 amide bonds. The third-order valence-corrected chi connectivity index (χ3v) is 8.83. The molecule has 272 valence electrons. The molecule has 0 saturated heterocycles. The number of nitrogens with one attached hydrogen (secondary N) is 2. The smallest absolute Gasteiger partial charge is 0.394 e. The number of nitrogens with two attached hydrogens (primary N) is 2. The number of amides is 2. The van der Waals surface area contributed by atoms with Crippen molar-refractivity contribution in [1.29, 1.82) is 0 Å². The Morgan fingerprint density at radius 1 is 1.12 bits per heavy atom. The molecule has 0 bridgehead atoms. The predicted molar refractivity (Wildman–Crippen MR) is 170 cm³/mol. The summed E-state index contributed by atoms with van der Waals surface area (Å²) in [4.78, 5) is 29.0. The molecule has 5 rings (SSSR count). The fourth-order valence-electron chi connectivity index (χ4n) is 6.46. The normalized spacial score (nSPS) is 26.3. The highest BCUT2D eigenvalue weighted by Crippen LogP contribution is 2.62. The van der Waals surface area contributed by atoms with Crippen LogP contribution < -0.4 is 22.1 Å². The number of aliphatic hydroxyl groups is 1. The van der Waals surface area contributed by atoms with Gasteiger partial charge in [-0.3, -0.25) is 14.6 Å². The highest BCUT2D eigenvalue weighted by atomic mass is 19.4. The number of rotatable bonds is 8. The molecule has 1 heterocycles. The standard InChI is InChI=1S/C35H33F8N5O3/c1-33(2,51)8-7-20-4-5-21(17-3-6-25(38)23(12-17)32(45)50)29(47-20)26(11-16-9-18(36)13-19(37)10-16)48-27(49)15-46-31-28(30(44)35(41,42)43)22-14-24(22)34(31,39)40/h3-6,9-10,13,17,22,24,26,29,47,51H,11-12,14-15,44H2,1-2H3,(H2,45,50)(H,48,49)/t17?,22-,24+,26-,29?/m0/s1. The monoisotopic (exact) mass is 723 g/mol. The average Bonchev–Trinajstić information content (AvgIpc) is 3.78. The van der Waals surface area contributed by atoms with Crippen molar-refractivity contribution in [2.45, 2.75) is 62.9 Å². The van der Waals surface area contributed by atoms with Crippen molar-refractivity contribution >= 4 is 17.5 Å². The Morgan fingerprint density at radius 3 is 2.39 bits per heavy atom. The van der Waals surface area contributed by atoms with E-state index in [1.807, 2.05) is 0 Å². The van der Waals surface area contributed by atoms with Crippen molar-refractivity contribution in [2.75, 3.05) is 6.54 Å². The third kappa shape index (κ3) is 8.36. The van der Waals surface area contributed by atoms with Crippen LogP contribution in [0.2, 0.25) is 0 Å². The minimum atomic E-state index is -5.12. The number of carbonyl (C=O) groups excluding carboxylic acids is 2. The Kier molecular flexibility index (Phi) is 10.0. The lowest BCUT2D eigenvalue weighted by Gasteiger charge is -2.37. The van der Waals surface area contributed by atoms with Crippen LogP contribution in [0.15, 0.2) is 81.4 Å². The van der Waals surface area contributed by atoms with Crippen LogP contribution in [-0.2, 0) is 16.0 Å². The van der Waals surface area contributed by atoms with Crippen molar-refractivity contribution in [3.63, 3.8) is 0 Å². The number of primary amides is 1. The van der Waals surface area contributed by atoms with Crippen LogP contribution in [0.5, 0.6) is 0 Å². The molecule has 0 aromatic heterocycles. The lowest BCUT2D eigenvalue weighted by Crippen LogP contribution is -2.54. The minimum Gasteiger partial charge on any atom is -0.394 e. The number of hydrogen-bond acceptors (Lipinski definition) is 6. The van der Waals surface area contributed by atoms with Gasteiger partial charge in [-0.05, 0) is 80.4 Å². The molecule has 4 aliphatic rings. The second-order valence-corrected chi connectivity index (χ2v) is 13.3. The zero-order valence-corrected chi connectivity index (χ0v) is 27.1. The summed E-state index contributed by atoms with van der Waals surface area (Å²) in [5.41, 5.74) is 5.71. The number of aliphatic imine (C=N–C) groups is 1. The van der Waals surface area contributed by atoms with Gasteiger partial charge < -0.3 is 27.2 Å². The number of carbonyl (C=O) groups is 2. The number of halogens is 8. The number of fused-ring (bicyclic) bond motifs is 1. The number of allylic oxidation sites excluding steroid dienone is 8. The van der Waals surface area contributed by atoms with Crippen molar-refractivity contribution in [3.05, 3.63) is 93.6 Å². The summed E-state index contributed by atoms with van der Waals surface area (Å²) in [5, 5.41) is 15.8. The molecule has 8 nitrogen and oxygen atoms in total.